The fourth-order valence-corrected chi connectivity index (χ4v) is 1.74. The number of H-pyrrole nitrogens is 1. The number of nitriles is 1. The van der Waals surface area contributed by atoms with Gasteiger partial charge in [0.25, 0.3) is 5.56 Å². The summed E-state index contributed by atoms with van der Waals surface area (Å²) >= 11 is 0. The van der Waals surface area contributed by atoms with E-state index in [1.807, 2.05) is 32.0 Å². The average molecular weight is 212 g/mol. The van der Waals surface area contributed by atoms with Gasteiger partial charge in [-0.05, 0) is 48.6 Å². The van der Waals surface area contributed by atoms with Gasteiger partial charge in [-0.15, -0.1) is 0 Å². The summed E-state index contributed by atoms with van der Waals surface area (Å²) in [6.07, 6.45) is 0.151. The van der Waals surface area contributed by atoms with Gasteiger partial charge in [-0.25, -0.2) is 0 Å². The van der Waals surface area contributed by atoms with Crippen LogP contribution in [0, 0.1) is 25.2 Å². The lowest BCUT2D eigenvalue weighted by atomic mass is 10.0. The van der Waals surface area contributed by atoms with Crippen molar-refractivity contribution in [1.82, 2.24) is 4.98 Å². The molecular formula is C13H12N2O. The van der Waals surface area contributed by atoms with Gasteiger partial charge in [0.05, 0.1) is 12.5 Å². The van der Waals surface area contributed by atoms with Crippen molar-refractivity contribution >= 4 is 10.9 Å². The first-order chi connectivity index (χ1) is 7.61. The second kappa shape index (κ2) is 3.82. The van der Waals surface area contributed by atoms with E-state index in [0.29, 0.717) is 5.56 Å². The highest BCUT2D eigenvalue weighted by atomic mass is 16.1. The number of aromatic nitrogens is 1. The van der Waals surface area contributed by atoms with Crippen LogP contribution < -0.4 is 5.56 Å². The number of hydrogen-bond acceptors (Lipinski definition) is 2. The second-order valence-electron chi connectivity index (χ2n) is 3.98. The molecule has 0 saturated carbocycles. The Kier molecular flexibility index (Phi) is 2.49. The Morgan fingerprint density at radius 2 is 1.94 bits per heavy atom. The molecule has 2 aromatic rings. The Labute approximate surface area is 93.3 Å². The van der Waals surface area contributed by atoms with Crippen LogP contribution in [0.1, 0.15) is 16.7 Å². The molecule has 2 rings (SSSR count). The van der Waals surface area contributed by atoms with Crippen molar-refractivity contribution in [2.75, 3.05) is 0 Å². The maximum atomic E-state index is 11.6. The van der Waals surface area contributed by atoms with Crippen molar-refractivity contribution in [3.8, 4) is 6.07 Å². The number of benzene rings is 1. The minimum absolute atomic E-state index is 0.151. The molecule has 0 atom stereocenters. The number of aryl methyl sites for hydroxylation is 2. The zero-order valence-electron chi connectivity index (χ0n) is 9.29. The molecule has 0 fully saturated rings. The number of fused-ring (bicyclic) bond motifs is 1. The van der Waals surface area contributed by atoms with Gasteiger partial charge < -0.3 is 4.98 Å². The fourth-order valence-electron chi connectivity index (χ4n) is 1.74. The van der Waals surface area contributed by atoms with Crippen molar-refractivity contribution in [2.45, 2.75) is 20.3 Å². The summed E-state index contributed by atoms with van der Waals surface area (Å²) in [6.45, 7) is 4.04. The predicted molar refractivity (Wildman–Crippen MR) is 63.4 cm³/mol. The Hall–Kier alpha value is -2.08. The minimum atomic E-state index is -0.169. The average Bonchev–Trinajstić information content (AvgIpc) is 2.23. The first-order valence-electron chi connectivity index (χ1n) is 5.12. The molecule has 3 nitrogen and oxygen atoms in total. The van der Waals surface area contributed by atoms with Crippen LogP contribution in [0.15, 0.2) is 23.0 Å². The number of nitrogens with zero attached hydrogens (tertiary/aromatic N) is 1. The monoisotopic (exact) mass is 212 g/mol. The third-order valence-corrected chi connectivity index (χ3v) is 2.80. The highest BCUT2D eigenvalue weighted by molar-refractivity contribution is 5.80. The number of rotatable bonds is 1. The van der Waals surface area contributed by atoms with Gasteiger partial charge in [0.15, 0.2) is 0 Å². The second-order valence-corrected chi connectivity index (χ2v) is 3.98. The van der Waals surface area contributed by atoms with Gasteiger partial charge >= 0.3 is 0 Å². The molecule has 1 aromatic carbocycles. The number of aromatic amines is 1. The lowest BCUT2D eigenvalue weighted by Gasteiger charge is -2.04. The van der Waals surface area contributed by atoms with Crippen LogP contribution in [0.2, 0.25) is 0 Å². The Bertz CT molecular complexity index is 647. The van der Waals surface area contributed by atoms with Crippen LogP contribution in [-0.4, -0.2) is 4.98 Å². The molecule has 1 aromatic heterocycles. The highest BCUT2D eigenvalue weighted by Gasteiger charge is 2.03. The number of pyridine rings is 1. The maximum Gasteiger partial charge on any atom is 0.252 e. The smallest absolute Gasteiger partial charge is 0.252 e. The van der Waals surface area contributed by atoms with E-state index < -0.39 is 0 Å². The molecule has 0 saturated heterocycles. The quantitative estimate of drug-likeness (QED) is 0.787. The summed E-state index contributed by atoms with van der Waals surface area (Å²) in [4.78, 5) is 14.4. The molecule has 0 radical (unpaired) electrons. The summed E-state index contributed by atoms with van der Waals surface area (Å²) in [5.74, 6) is 0. The maximum absolute atomic E-state index is 11.6. The van der Waals surface area contributed by atoms with Crippen molar-refractivity contribution in [3.05, 3.63) is 45.2 Å². The van der Waals surface area contributed by atoms with Crippen molar-refractivity contribution < 1.29 is 0 Å². The molecule has 0 bridgehead atoms. The molecule has 1 heterocycles. The van der Waals surface area contributed by atoms with Crippen molar-refractivity contribution in [2.24, 2.45) is 0 Å². The van der Waals surface area contributed by atoms with Gasteiger partial charge in [0, 0.05) is 11.1 Å². The zero-order valence-corrected chi connectivity index (χ0v) is 9.29. The van der Waals surface area contributed by atoms with E-state index in [2.05, 4.69) is 4.98 Å². The van der Waals surface area contributed by atoms with Gasteiger partial charge in [-0.2, -0.15) is 5.26 Å². The lowest BCUT2D eigenvalue weighted by Crippen LogP contribution is -2.11. The molecule has 1 N–H and O–H groups in total. The SMILES string of the molecule is Cc1cc2cc(CC#N)c(=O)[nH]c2cc1C. The summed E-state index contributed by atoms with van der Waals surface area (Å²) in [7, 11) is 0. The van der Waals surface area contributed by atoms with Gasteiger partial charge in [0.2, 0.25) is 0 Å². The third kappa shape index (κ3) is 1.70. The Morgan fingerprint density at radius 1 is 1.25 bits per heavy atom. The van der Waals surface area contributed by atoms with Crippen LogP contribution >= 0.6 is 0 Å². The topological polar surface area (TPSA) is 56.6 Å². The van der Waals surface area contributed by atoms with Gasteiger partial charge in [-0.1, -0.05) is 0 Å². The molecule has 80 valence electrons. The largest absolute Gasteiger partial charge is 0.322 e. The van der Waals surface area contributed by atoms with E-state index in [-0.39, 0.29) is 12.0 Å². The van der Waals surface area contributed by atoms with E-state index in [9.17, 15) is 4.79 Å². The predicted octanol–water partition coefficient (Wildman–Crippen LogP) is 2.21. The first-order valence-corrected chi connectivity index (χ1v) is 5.12. The minimum Gasteiger partial charge on any atom is -0.322 e. The molecule has 0 unspecified atom stereocenters. The van der Waals surface area contributed by atoms with Crippen molar-refractivity contribution in [1.29, 1.82) is 5.26 Å². The fraction of sp³-hybridized carbons (Fsp3) is 0.231. The molecule has 0 aliphatic heterocycles. The Balaban J connectivity index is 2.76. The van der Waals surface area contributed by atoms with E-state index >= 15 is 0 Å². The molecule has 0 aliphatic carbocycles. The normalized spacial score (nSPS) is 10.3. The third-order valence-electron chi connectivity index (χ3n) is 2.80. The Morgan fingerprint density at radius 3 is 2.62 bits per heavy atom. The highest BCUT2D eigenvalue weighted by Crippen LogP contribution is 2.17. The van der Waals surface area contributed by atoms with Crippen molar-refractivity contribution in [3.63, 3.8) is 0 Å². The van der Waals surface area contributed by atoms with Crippen LogP contribution in [0.3, 0.4) is 0 Å². The summed E-state index contributed by atoms with van der Waals surface area (Å²) in [6, 6.07) is 7.78. The van der Waals surface area contributed by atoms with E-state index in [4.69, 9.17) is 5.26 Å². The van der Waals surface area contributed by atoms with Crippen LogP contribution in [0.4, 0.5) is 0 Å². The molecule has 0 spiro atoms. The van der Waals surface area contributed by atoms with E-state index in [0.717, 1.165) is 16.5 Å². The first kappa shape index (κ1) is 10.4. The molecule has 0 aliphatic rings. The molecule has 3 heteroatoms. The lowest BCUT2D eigenvalue weighted by molar-refractivity contribution is 1.16. The number of hydrogen-bond donors (Lipinski definition) is 1. The van der Waals surface area contributed by atoms with Gasteiger partial charge in [0.1, 0.15) is 0 Å². The van der Waals surface area contributed by atoms with E-state index in [1.165, 1.54) is 5.56 Å². The standard InChI is InChI=1S/C13H12N2O/c1-8-5-11-7-10(3-4-14)13(16)15-12(11)6-9(8)2/h5-7H,3H2,1-2H3,(H,15,16). The number of nitrogens with one attached hydrogen (secondary N) is 1. The van der Waals surface area contributed by atoms with Gasteiger partial charge in [-0.3, -0.25) is 4.79 Å². The zero-order chi connectivity index (χ0) is 11.7. The summed E-state index contributed by atoms with van der Waals surface area (Å²) in [5, 5.41) is 9.59. The van der Waals surface area contributed by atoms with E-state index in [1.54, 1.807) is 6.07 Å². The molecule has 0 amide bonds. The summed E-state index contributed by atoms with van der Waals surface area (Å²) in [5.41, 5.74) is 3.52. The van der Waals surface area contributed by atoms with Crippen LogP contribution in [0.25, 0.3) is 10.9 Å². The summed E-state index contributed by atoms with van der Waals surface area (Å²) < 4.78 is 0. The molecular weight excluding hydrogens is 200 g/mol. The van der Waals surface area contributed by atoms with Crippen LogP contribution in [-0.2, 0) is 6.42 Å². The van der Waals surface area contributed by atoms with Crippen LogP contribution in [0.5, 0.6) is 0 Å². The molecule has 16 heavy (non-hydrogen) atoms.